The summed E-state index contributed by atoms with van der Waals surface area (Å²) in [5, 5.41) is 5.78. The van der Waals surface area contributed by atoms with Crippen molar-refractivity contribution in [1.29, 1.82) is 0 Å². The molecule has 1 atom stereocenters. The molecule has 26 heavy (non-hydrogen) atoms. The van der Waals surface area contributed by atoms with E-state index in [4.69, 9.17) is 9.47 Å². The Balaban J connectivity index is 2.76. The van der Waals surface area contributed by atoms with Gasteiger partial charge in [0.25, 0.3) is 5.91 Å². The van der Waals surface area contributed by atoms with Gasteiger partial charge in [0, 0.05) is 12.1 Å². The van der Waals surface area contributed by atoms with Crippen LogP contribution in [0.1, 0.15) is 58.8 Å². The molecule has 1 aromatic carbocycles. The number of amides is 2. The number of carbonyl (C=O) groups is 2. The molecule has 0 aliphatic rings. The van der Waals surface area contributed by atoms with E-state index in [0.29, 0.717) is 12.2 Å². The van der Waals surface area contributed by atoms with E-state index < -0.39 is 17.2 Å². The standard InChI is InChI=1S/C20H32N2O4/c1-8-25-16-11-9-15(10-12-16)17(23)22-20(7,14(2)3)13-21-18(24)26-19(4,5)6/h9-12,14H,8,13H2,1-7H3,(H,21,24)(H,22,23). The van der Waals surface area contributed by atoms with E-state index in [1.54, 1.807) is 24.3 Å². The Hall–Kier alpha value is -2.24. The zero-order valence-electron chi connectivity index (χ0n) is 16.9. The fourth-order valence-corrected chi connectivity index (χ4v) is 2.16. The molecule has 0 saturated carbocycles. The highest BCUT2D eigenvalue weighted by molar-refractivity contribution is 5.94. The van der Waals surface area contributed by atoms with Crippen molar-refractivity contribution in [3.8, 4) is 5.75 Å². The van der Waals surface area contributed by atoms with Gasteiger partial charge in [-0.15, -0.1) is 0 Å². The minimum atomic E-state index is -0.618. The number of alkyl carbamates (subject to hydrolysis) is 1. The highest BCUT2D eigenvalue weighted by Gasteiger charge is 2.31. The summed E-state index contributed by atoms with van der Waals surface area (Å²) >= 11 is 0. The molecule has 0 saturated heterocycles. The lowest BCUT2D eigenvalue weighted by molar-refractivity contribution is 0.0497. The van der Waals surface area contributed by atoms with E-state index in [-0.39, 0.29) is 18.4 Å². The molecular formula is C20H32N2O4. The molecule has 0 aromatic heterocycles. The Morgan fingerprint density at radius 3 is 2.12 bits per heavy atom. The average Bonchev–Trinajstić information content (AvgIpc) is 2.52. The topological polar surface area (TPSA) is 76.7 Å². The third-order valence-electron chi connectivity index (χ3n) is 4.10. The van der Waals surface area contributed by atoms with E-state index in [2.05, 4.69) is 10.6 Å². The molecule has 0 heterocycles. The fraction of sp³-hybridized carbons (Fsp3) is 0.600. The summed E-state index contributed by atoms with van der Waals surface area (Å²) in [6.45, 7) is 14.1. The Bertz CT molecular complexity index is 605. The molecular weight excluding hydrogens is 332 g/mol. The smallest absolute Gasteiger partial charge is 0.407 e. The summed E-state index contributed by atoms with van der Waals surface area (Å²) in [5.41, 5.74) is -0.645. The van der Waals surface area contributed by atoms with Crippen LogP contribution in [0.15, 0.2) is 24.3 Å². The maximum absolute atomic E-state index is 12.6. The third kappa shape index (κ3) is 6.94. The molecule has 2 N–H and O–H groups in total. The molecule has 0 spiro atoms. The van der Waals surface area contributed by atoms with Crippen LogP contribution in [0.2, 0.25) is 0 Å². The molecule has 1 unspecified atom stereocenters. The minimum absolute atomic E-state index is 0.101. The van der Waals surface area contributed by atoms with Crippen molar-refractivity contribution < 1.29 is 19.1 Å². The summed E-state index contributed by atoms with van der Waals surface area (Å²) in [7, 11) is 0. The highest BCUT2D eigenvalue weighted by atomic mass is 16.6. The van der Waals surface area contributed by atoms with Gasteiger partial charge >= 0.3 is 6.09 Å². The van der Waals surface area contributed by atoms with Crippen LogP contribution in [0.3, 0.4) is 0 Å². The summed E-state index contributed by atoms with van der Waals surface area (Å²) in [5.74, 6) is 0.626. The first-order chi connectivity index (χ1) is 12.0. The fourth-order valence-electron chi connectivity index (χ4n) is 2.16. The van der Waals surface area contributed by atoms with Crippen LogP contribution in [0.4, 0.5) is 4.79 Å². The van der Waals surface area contributed by atoms with Gasteiger partial charge in [0.05, 0.1) is 12.1 Å². The van der Waals surface area contributed by atoms with Gasteiger partial charge in [0.1, 0.15) is 11.4 Å². The average molecular weight is 364 g/mol. The number of ether oxygens (including phenoxy) is 2. The van der Waals surface area contributed by atoms with E-state index >= 15 is 0 Å². The predicted molar refractivity (Wildman–Crippen MR) is 103 cm³/mol. The quantitative estimate of drug-likeness (QED) is 0.772. The van der Waals surface area contributed by atoms with Gasteiger partial charge in [-0.05, 0) is 64.8 Å². The second-order valence-electron chi connectivity index (χ2n) is 7.84. The van der Waals surface area contributed by atoms with Crippen molar-refractivity contribution in [2.24, 2.45) is 5.92 Å². The van der Waals surface area contributed by atoms with Gasteiger partial charge < -0.3 is 20.1 Å². The van der Waals surface area contributed by atoms with E-state index in [1.807, 2.05) is 48.5 Å². The van der Waals surface area contributed by atoms with Gasteiger partial charge in [-0.3, -0.25) is 4.79 Å². The van der Waals surface area contributed by atoms with Crippen LogP contribution < -0.4 is 15.4 Å². The normalized spacial score (nSPS) is 13.7. The summed E-state index contributed by atoms with van der Waals surface area (Å²) in [6, 6.07) is 6.99. The predicted octanol–water partition coefficient (Wildman–Crippen LogP) is 3.75. The summed E-state index contributed by atoms with van der Waals surface area (Å²) in [6.07, 6.45) is -0.500. The first kappa shape index (κ1) is 21.8. The minimum Gasteiger partial charge on any atom is -0.494 e. The number of hydrogen-bond acceptors (Lipinski definition) is 4. The molecule has 6 heteroatoms. The van der Waals surface area contributed by atoms with Crippen LogP contribution in [0, 0.1) is 5.92 Å². The number of rotatable bonds is 7. The zero-order valence-corrected chi connectivity index (χ0v) is 16.9. The first-order valence-corrected chi connectivity index (χ1v) is 8.99. The maximum atomic E-state index is 12.6. The molecule has 6 nitrogen and oxygen atoms in total. The lowest BCUT2D eigenvalue weighted by atomic mass is 9.88. The largest absolute Gasteiger partial charge is 0.494 e. The number of benzene rings is 1. The molecule has 0 aliphatic heterocycles. The molecule has 146 valence electrons. The van der Waals surface area contributed by atoms with E-state index in [9.17, 15) is 9.59 Å². The number of carbonyl (C=O) groups excluding carboxylic acids is 2. The molecule has 0 bridgehead atoms. The van der Waals surface area contributed by atoms with Gasteiger partial charge in [-0.25, -0.2) is 4.79 Å². The van der Waals surface area contributed by atoms with Crippen molar-refractivity contribution in [1.82, 2.24) is 10.6 Å². The van der Waals surface area contributed by atoms with E-state index in [0.717, 1.165) is 5.75 Å². The number of nitrogens with one attached hydrogen (secondary N) is 2. The lowest BCUT2D eigenvalue weighted by Gasteiger charge is -2.35. The van der Waals surface area contributed by atoms with Crippen molar-refractivity contribution in [2.75, 3.05) is 13.2 Å². The van der Waals surface area contributed by atoms with Crippen molar-refractivity contribution in [2.45, 2.75) is 59.6 Å². The Morgan fingerprint density at radius 1 is 1.08 bits per heavy atom. The molecule has 2 amide bonds. The lowest BCUT2D eigenvalue weighted by Crippen LogP contribution is -2.57. The van der Waals surface area contributed by atoms with Crippen LogP contribution >= 0.6 is 0 Å². The molecule has 1 rings (SSSR count). The van der Waals surface area contributed by atoms with Gasteiger partial charge in [0.2, 0.25) is 0 Å². The van der Waals surface area contributed by atoms with Crippen LogP contribution in [0.5, 0.6) is 5.75 Å². The van der Waals surface area contributed by atoms with Gasteiger partial charge in [0.15, 0.2) is 0 Å². The summed E-state index contributed by atoms with van der Waals surface area (Å²) < 4.78 is 10.7. The third-order valence-corrected chi connectivity index (χ3v) is 4.10. The van der Waals surface area contributed by atoms with Crippen molar-refractivity contribution in [3.63, 3.8) is 0 Å². The Labute approximate surface area is 156 Å². The van der Waals surface area contributed by atoms with Gasteiger partial charge in [-0.1, -0.05) is 13.8 Å². The monoisotopic (exact) mass is 364 g/mol. The second kappa shape index (κ2) is 8.92. The second-order valence-corrected chi connectivity index (χ2v) is 7.84. The Morgan fingerprint density at radius 2 is 1.65 bits per heavy atom. The van der Waals surface area contributed by atoms with Crippen molar-refractivity contribution >= 4 is 12.0 Å². The zero-order chi connectivity index (χ0) is 20.0. The molecule has 0 fully saturated rings. The van der Waals surface area contributed by atoms with Crippen LogP contribution in [-0.2, 0) is 4.74 Å². The molecule has 0 radical (unpaired) electrons. The molecule has 0 aliphatic carbocycles. The van der Waals surface area contributed by atoms with Crippen LogP contribution in [-0.4, -0.2) is 36.3 Å². The molecule has 1 aromatic rings. The summed E-state index contributed by atoms with van der Waals surface area (Å²) in [4.78, 5) is 24.5. The van der Waals surface area contributed by atoms with E-state index in [1.165, 1.54) is 0 Å². The maximum Gasteiger partial charge on any atom is 0.407 e. The van der Waals surface area contributed by atoms with Gasteiger partial charge in [-0.2, -0.15) is 0 Å². The van der Waals surface area contributed by atoms with Crippen LogP contribution in [0.25, 0.3) is 0 Å². The SMILES string of the molecule is CCOc1ccc(C(=O)NC(C)(CNC(=O)OC(C)(C)C)C(C)C)cc1. The number of hydrogen-bond donors (Lipinski definition) is 2. The Kier molecular flexibility index (Phi) is 7.48. The first-order valence-electron chi connectivity index (χ1n) is 8.99. The highest BCUT2D eigenvalue weighted by Crippen LogP contribution is 2.18. The van der Waals surface area contributed by atoms with Crippen molar-refractivity contribution in [3.05, 3.63) is 29.8 Å².